The second-order valence-corrected chi connectivity index (χ2v) is 5.85. The Kier molecular flexibility index (Phi) is 6.87. The number of thioether (sulfide) groups is 1. The molecule has 0 aliphatic carbocycles. The van der Waals surface area contributed by atoms with E-state index in [0.717, 1.165) is 4.90 Å². The molecule has 1 aromatic rings. The van der Waals surface area contributed by atoms with E-state index in [4.69, 9.17) is 5.73 Å². The summed E-state index contributed by atoms with van der Waals surface area (Å²) in [5.41, 5.74) is 5.50. The zero-order chi connectivity index (χ0) is 14.3. The topological polar surface area (TPSA) is 55.1 Å². The van der Waals surface area contributed by atoms with Gasteiger partial charge in [-0.15, -0.1) is 11.8 Å². The maximum atomic E-state index is 12.7. The zero-order valence-electron chi connectivity index (χ0n) is 11.4. The second kappa shape index (κ2) is 8.17. The van der Waals surface area contributed by atoms with Crippen molar-refractivity contribution in [1.29, 1.82) is 0 Å². The number of hydrogen-bond donors (Lipinski definition) is 2. The monoisotopic (exact) mass is 284 g/mol. The number of halogens is 1. The van der Waals surface area contributed by atoms with Gasteiger partial charge < -0.3 is 11.1 Å². The van der Waals surface area contributed by atoms with Crippen molar-refractivity contribution in [1.82, 2.24) is 5.32 Å². The molecule has 2 unspecified atom stereocenters. The van der Waals surface area contributed by atoms with Crippen molar-refractivity contribution in [3.8, 4) is 0 Å². The van der Waals surface area contributed by atoms with Crippen LogP contribution in [-0.2, 0) is 4.79 Å². The van der Waals surface area contributed by atoms with Gasteiger partial charge in [0.05, 0.1) is 0 Å². The van der Waals surface area contributed by atoms with Crippen molar-refractivity contribution >= 4 is 17.7 Å². The summed E-state index contributed by atoms with van der Waals surface area (Å²) in [5.74, 6) is 0.677. The van der Waals surface area contributed by atoms with Crippen molar-refractivity contribution in [2.75, 3.05) is 18.8 Å². The van der Waals surface area contributed by atoms with E-state index in [1.807, 2.05) is 13.8 Å². The van der Waals surface area contributed by atoms with Crippen LogP contribution in [0.5, 0.6) is 0 Å². The highest BCUT2D eigenvalue weighted by Gasteiger charge is 2.13. The van der Waals surface area contributed by atoms with Crippen molar-refractivity contribution in [2.45, 2.75) is 18.7 Å². The smallest absolute Gasteiger partial charge is 0.223 e. The summed E-state index contributed by atoms with van der Waals surface area (Å²) in [6.07, 6.45) is 0. The molecule has 2 atom stereocenters. The maximum absolute atomic E-state index is 12.7. The summed E-state index contributed by atoms with van der Waals surface area (Å²) >= 11 is 1.55. The van der Waals surface area contributed by atoms with Gasteiger partial charge in [0.1, 0.15) is 5.82 Å². The molecule has 0 saturated carbocycles. The minimum absolute atomic E-state index is 0.0370. The highest BCUT2D eigenvalue weighted by Crippen LogP contribution is 2.20. The van der Waals surface area contributed by atoms with E-state index in [9.17, 15) is 9.18 Å². The molecule has 0 aliphatic heterocycles. The van der Waals surface area contributed by atoms with Crippen LogP contribution in [0, 0.1) is 17.7 Å². The fourth-order valence-electron chi connectivity index (χ4n) is 1.36. The molecule has 106 valence electrons. The number of nitrogens with one attached hydrogen (secondary N) is 1. The molecule has 1 aromatic carbocycles. The minimum atomic E-state index is -0.245. The molecule has 0 aliphatic rings. The van der Waals surface area contributed by atoms with E-state index in [1.165, 1.54) is 12.1 Å². The Hall–Kier alpha value is -1.07. The molecule has 0 radical (unpaired) electrons. The SMILES string of the molecule is CC(CN)CNC(=O)C(C)CSc1ccc(F)cc1. The molecule has 3 nitrogen and oxygen atoms in total. The molecule has 0 saturated heterocycles. The fourth-order valence-corrected chi connectivity index (χ4v) is 2.28. The predicted molar refractivity (Wildman–Crippen MR) is 77.5 cm³/mol. The Bertz CT molecular complexity index is 397. The summed E-state index contributed by atoms with van der Waals surface area (Å²) in [5, 5.41) is 2.89. The number of nitrogens with two attached hydrogens (primary N) is 1. The molecule has 0 spiro atoms. The third kappa shape index (κ3) is 6.07. The molecule has 3 N–H and O–H groups in total. The Morgan fingerprint density at radius 3 is 2.58 bits per heavy atom. The third-order valence-corrected chi connectivity index (χ3v) is 4.06. The van der Waals surface area contributed by atoms with Gasteiger partial charge in [0.2, 0.25) is 5.91 Å². The molecule has 1 amide bonds. The van der Waals surface area contributed by atoms with Gasteiger partial charge in [-0.05, 0) is 36.7 Å². The zero-order valence-corrected chi connectivity index (χ0v) is 12.2. The lowest BCUT2D eigenvalue weighted by Crippen LogP contribution is -2.35. The number of hydrogen-bond acceptors (Lipinski definition) is 3. The second-order valence-electron chi connectivity index (χ2n) is 4.75. The van der Waals surface area contributed by atoms with E-state index in [0.29, 0.717) is 24.8 Å². The van der Waals surface area contributed by atoms with Crippen molar-refractivity contribution in [3.05, 3.63) is 30.1 Å². The molecule has 0 heterocycles. The Labute approximate surface area is 118 Å². The van der Waals surface area contributed by atoms with Gasteiger partial charge in [0.25, 0.3) is 0 Å². The molecule has 5 heteroatoms. The molecule has 0 fully saturated rings. The minimum Gasteiger partial charge on any atom is -0.356 e. The van der Waals surface area contributed by atoms with Gasteiger partial charge in [0, 0.05) is 23.1 Å². The Balaban J connectivity index is 2.32. The fraction of sp³-hybridized carbons (Fsp3) is 0.500. The molecule has 0 bridgehead atoms. The van der Waals surface area contributed by atoms with Crippen LogP contribution in [0.2, 0.25) is 0 Å². The first kappa shape index (κ1) is 16.0. The first-order valence-corrected chi connectivity index (χ1v) is 7.37. The van der Waals surface area contributed by atoms with Crippen LogP contribution in [0.1, 0.15) is 13.8 Å². The van der Waals surface area contributed by atoms with E-state index >= 15 is 0 Å². The normalized spacial score (nSPS) is 13.9. The van der Waals surface area contributed by atoms with Crippen LogP contribution in [0.15, 0.2) is 29.2 Å². The van der Waals surface area contributed by atoms with E-state index < -0.39 is 0 Å². The van der Waals surface area contributed by atoms with Crippen LogP contribution in [0.4, 0.5) is 4.39 Å². The maximum Gasteiger partial charge on any atom is 0.223 e. The van der Waals surface area contributed by atoms with Gasteiger partial charge in [-0.2, -0.15) is 0 Å². The van der Waals surface area contributed by atoms with Crippen molar-refractivity contribution in [3.63, 3.8) is 0 Å². The summed E-state index contributed by atoms with van der Waals surface area (Å²) in [4.78, 5) is 12.8. The molecular weight excluding hydrogens is 263 g/mol. The van der Waals surface area contributed by atoms with Gasteiger partial charge in [-0.25, -0.2) is 4.39 Å². The van der Waals surface area contributed by atoms with Crippen molar-refractivity contribution < 1.29 is 9.18 Å². The summed E-state index contributed by atoms with van der Waals surface area (Å²) in [7, 11) is 0. The van der Waals surface area contributed by atoms with Crippen LogP contribution >= 0.6 is 11.8 Å². The van der Waals surface area contributed by atoms with E-state index in [1.54, 1.807) is 23.9 Å². The van der Waals surface area contributed by atoms with Gasteiger partial charge in [0.15, 0.2) is 0 Å². The molecule has 0 aromatic heterocycles. The number of amides is 1. The van der Waals surface area contributed by atoms with Crippen molar-refractivity contribution in [2.24, 2.45) is 17.6 Å². The molecule has 1 rings (SSSR count). The highest BCUT2D eigenvalue weighted by atomic mass is 32.2. The van der Waals surface area contributed by atoms with Crippen LogP contribution < -0.4 is 11.1 Å². The highest BCUT2D eigenvalue weighted by molar-refractivity contribution is 7.99. The number of benzene rings is 1. The Morgan fingerprint density at radius 1 is 1.37 bits per heavy atom. The number of rotatable bonds is 7. The van der Waals surface area contributed by atoms with Gasteiger partial charge >= 0.3 is 0 Å². The number of carbonyl (C=O) groups excluding carboxylic acids is 1. The molecular formula is C14H21FN2OS. The lowest BCUT2D eigenvalue weighted by Gasteiger charge is -2.14. The number of carbonyl (C=O) groups is 1. The van der Waals surface area contributed by atoms with Crippen LogP contribution in [0.25, 0.3) is 0 Å². The van der Waals surface area contributed by atoms with Crippen LogP contribution in [-0.4, -0.2) is 24.7 Å². The average molecular weight is 284 g/mol. The standard InChI is InChI=1S/C14H21FN2OS/c1-10(7-16)8-17-14(18)11(2)9-19-13-5-3-12(15)4-6-13/h3-6,10-11H,7-9,16H2,1-2H3,(H,17,18). The van der Waals surface area contributed by atoms with Gasteiger partial charge in [-0.3, -0.25) is 4.79 Å². The van der Waals surface area contributed by atoms with E-state index in [-0.39, 0.29) is 17.6 Å². The average Bonchev–Trinajstić information content (AvgIpc) is 2.43. The van der Waals surface area contributed by atoms with E-state index in [2.05, 4.69) is 5.32 Å². The van der Waals surface area contributed by atoms with Crippen LogP contribution in [0.3, 0.4) is 0 Å². The third-order valence-electron chi connectivity index (χ3n) is 2.79. The Morgan fingerprint density at radius 2 is 2.00 bits per heavy atom. The predicted octanol–water partition coefficient (Wildman–Crippen LogP) is 2.26. The largest absolute Gasteiger partial charge is 0.356 e. The summed E-state index contributed by atoms with van der Waals surface area (Å²) in [6, 6.07) is 6.30. The summed E-state index contributed by atoms with van der Waals surface area (Å²) in [6.45, 7) is 5.07. The lowest BCUT2D eigenvalue weighted by molar-refractivity contribution is -0.123. The molecule has 19 heavy (non-hydrogen) atoms. The first-order valence-electron chi connectivity index (χ1n) is 6.39. The van der Waals surface area contributed by atoms with Gasteiger partial charge in [-0.1, -0.05) is 13.8 Å². The lowest BCUT2D eigenvalue weighted by atomic mass is 10.1. The quantitative estimate of drug-likeness (QED) is 0.755. The summed E-state index contributed by atoms with van der Waals surface area (Å²) < 4.78 is 12.7. The first-order chi connectivity index (χ1) is 9.02.